The molecule has 0 aliphatic rings. The van der Waals surface area contributed by atoms with Gasteiger partial charge in [-0.25, -0.2) is 4.79 Å². The van der Waals surface area contributed by atoms with Gasteiger partial charge in [-0.15, -0.1) is 0 Å². The van der Waals surface area contributed by atoms with Crippen molar-refractivity contribution in [3.05, 3.63) is 34.3 Å². The molecule has 0 saturated heterocycles. The highest BCUT2D eigenvalue weighted by atomic mass is 35.5. The zero-order chi connectivity index (χ0) is 13.8. The van der Waals surface area contributed by atoms with E-state index in [1.54, 1.807) is 19.2 Å². The van der Waals surface area contributed by atoms with Gasteiger partial charge in [0, 0.05) is 7.11 Å². The molecule has 1 aromatic carbocycles. The normalized spacial score (nSPS) is 11.4. The standard InChI is InChI=1S/C14H19ClO3/c1-14(2,3)18-13(16)11-9-10(7-8-17-4)5-6-12(11)15/h5-6,9H,7-8H2,1-4H3. The largest absolute Gasteiger partial charge is 0.456 e. The summed E-state index contributed by atoms with van der Waals surface area (Å²) in [5, 5.41) is 0.408. The predicted octanol–water partition coefficient (Wildman–Crippen LogP) is 3.48. The maximum absolute atomic E-state index is 12.0. The molecule has 18 heavy (non-hydrogen) atoms. The summed E-state index contributed by atoms with van der Waals surface area (Å²) in [5.41, 5.74) is 0.880. The van der Waals surface area contributed by atoms with Crippen molar-refractivity contribution < 1.29 is 14.3 Å². The Morgan fingerprint density at radius 1 is 1.33 bits per heavy atom. The summed E-state index contributed by atoms with van der Waals surface area (Å²) in [6, 6.07) is 5.36. The number of halogens is 1. The summed E-state index contributed by atoms with van der Waals surface area (Å²) in [4.78, 5) is 12.0. The minimum Gasteiger partial charge on any atom is -0.456 e. The van der Waals surface area contributed by atoms with Gasteiger partial charge in [0.1, 0.15) is 5.60 Å². The van der Waals surface area contributed by atoms with Gasteiger partial charge in [-0.2, -0.15) is 0 Å². The minimum atomic E-state index is -0.525. The van der Waals surface area contributed by atoms with Crippen molar-refractivity contribution in [1.29, 1.82) is 0 Å². The summed E-state index contributed by atoms with van der Waals surface area (Å²) in [5.74, 6) is -0.397. The van der Waals surface area contributed by atoms with Crippen LogP contribution in [0.4, 0.5) is 0 Å². The van der Waals surface area contributed by atoms with Crippen molar-refractivity contribution in [2.75, 3.05) is 13.7 Å². The maximum Gasteiger partial charge on any atom is 0.340 e. The Balaban J connectivity index is 2.89. The quantitative estimate of drug-likeness (QED) is 0.786. The van der Waals surface area contributed by atoms with Crippen LogP contribution in [0.1, 0.15) is 36.7 Å². The second-order valence-electron chi connectivity index (χ2n) is 5.06. The smallest absolute Gasteiger partial charge is 0.340 e. The SMILES string of the molecule is COCCc1ccc(Cl)c(C(=O)OC(C)(C)C)c1. The Labute approximate surface area is 113 Å². The number of benzene rings is 1. The summed E-state index contributed by atoms with van der Waals surface area (Å²) in [7, 11) is 1.64. The van der Waals surface area contributed by atoms with Crippen LogP contribution in [-0.2, 0) is 15.9 Å². The molecule has 0 fully saturated rings. The van der Waals surface area contributed by atoms with E-state index in [1.807, 2.05) is 26.8 Å². The lowest BCUT2D eigenvalue weighted by atomic mass is 10.1. The van der Waals surface area contributed by atoms with Gasteiger partial charge in [-0.05, 0) is 44.9 Å². The van der Waals surface area contributed by atoms with E-state index in [0.717, 1.165) is 12.0 Å². The molecule has 0 unspecified atom stereocenters. The zero-order valence-electron chi connectivity index (χ0n) is 11.2. The molecule has 0 bridgehead atoms. The molecule has 0 spiro atoms. The van der Waals surface area contributed by atoms with Crippen LogP contribution in [0.25, 0.3) is 0 Å². The van der Waals surface area contributed by atoms with E-state index in [1.165, 1.54) is 0 Å². The van der Waals surface area contributed by atoms with Crippen LogP contribution in [-0.4, -0.2) is 25.3 Å². The Morgan fingerprint density at radius 3 is 2.56 bits per heavy atom. The first kappa shape index (κ1) is 15.0. The molecule has 0 radical (unpaired) electrons. The number of esters is 1. The molecule has 4 heteroatoms. The van der Waals surface area contributed by atoms with E-state index in [9.17, 15) is 4.79 Å². The highest BCUT2D eigenvalue weighted by molar-refractivity contribution is 6.33. The molecule has 0 saturated carbocycles. The molecule has 0 amide bonds. The van der Waals surface area contributed by atoms with E-state index in [4.69, 9.17) is 21.1 Å². The molecular formula is C14H19ClO3. The monoisotopic (exact) mass is 270 g/mol. The summed E-state index contributed by atoms with van der Waals surface area (Å²) >= 11 is 6.02. The Morgan fingerprint density at radius 2 is 2.00 bits per heavy atom. The lowest BCUT2D eigenvalue weighted by Gasteiger charge is -2.20. The number of ether oxygens (including phenoxy) is 2. The zero-order valence-corrected chi connectivity index (χ0v) is 12.0. The van der Waals surface area contributed by atoms with Gasteiger partial charge in [-0.1, -0.05) is 17.7 Å². The molecule has 0 aliphatic heterocycles. The first-order chi connectivity index (χ1) is 8.33. The van der Waals surface area contributed by atoms with Gasteiger partial charge in [0.05, 0.1) is 17.2 Å². The van der Waals surface area contributed by atoms with E-state index in [-0.39, 0.29) is 0 Å². The second-order valence-corrected chi connectivity index (χ2v) is 5.47. The first-order valence-electron chi connectivity index (χ1n) is 5.84. The van der Waals surface area contributed by atoms with E-state index >= 15 is 0 Å². The van der Waals surface area contributed by atoms with Crippen LogP contribution < -0.4 is 0 Å². The number of methoxy groups -OCH3 is 1. The molecule has 0 atom stereocenters. The molecular weight excluding hydrogens is 252 g/mol. The molecule has 0 heterocycles. The van der Waals surface area contributed by atoms with Crippen molar-refractivity contribution in [3.63, 3.8) is 0 Å². The van der Waals surface area contributed by atoms with Crippen molar-refractivity contribution in [2.24, 2.45) is 0 Å². The third-order valence-electron chi connectivity index (χ3n) is 2.24. The second kappa shape index (κ2) is 6.21. The van der Waals surface area contributed by atoms with Crippen molar-refractivity contribution in [3.8, 4) is 0 Å². The highest BCUT2D eigenvalue weighted by Crippen LogP contribution is 2.21. The molecule has 0 N–H and O–H groups in total. The highest BCUT2D eigenvalue weighted by Gasteiger charge is 2.20. The van der Waals surface area contributed by atoms with Crippen LogP contribution in [0.2, 0.25) is 5.02 Å². The van der Waals surface area contributed by atoms with Crippen molar-refractivity contribution in [2.45, 2.75) is 32.8 Å². The average Bonchev–Trinajstić information content (AvgIpc) is 2.25. The summed E-state index contributed by atoms with van der Waals surface area (Å²) in [6.45, 7) is 6.09. The molecule has 0 aromatic heterocycles. The lowest BCUT2D eigenvalue weighted by molar-refractivity contribution is 0.00696. The molecule has 3 nitrogen and oxygen atoms in total. The van der Waals surface area contributed by atoms with E-state index in [2.05, 4.69) is 0 Å². The van der Waals surface area contributed by atoms with Gasteiger partial charge in [0.15, 0.2) is 0 Å². The Kier molecular flexibility index (Phi) is 5.17. The van der Waals surface area contributed by atoms with Crippen LogP contribution in [0.15, 0.2) is 18.2 Å². The maximum atomic E-state index is 12.0. The fourth-order valence-electron chi connectivity index (χ4n) is 1.44. The minimum absolute atomic E-state index is 0.397. The number of rotatable bonds is 4. The number of hydrogen-bond donors (Lipinski definition) is 0. The third-order valence-corrected chi connectivity index (χ3v) is 2.57. The van der Waals surface area contributed by atoms with Crippen LogP contribution in [0.5, 0.6) is 0 Å². The molecule has 1 rings (SSSR count). The van der Waals surface area contributed by atoms with Crippen LogP contribution in [0.3, 0.4) is 0 Å². The molecule has 0 aliphatic carbocycles. The fourth-order valence-corrected chi connectivity index (χ4v) is 1.63. The number of carbonyl (C=O) groups excluding carboxylic acids is 1. The topological polar surface area (TPSA) is 35.5 Å². The predicted molar refractivity (Wildman–Crippen MR) is 72.2 cm³/mol. The third kappa shape index (κ3) is 4.67. The van der Waals surface area contributed by atoms with E-state index < -0.39 is 11.6 Å². The lowest BCUT2D eigenvalue weighted by Crippen LogP contribution is -2.24. The van der Waals surface area contributed by atoms with Crippen LogP contribution in [0, 0.1) is 0 Å². The fraction of sp³-hybridized carbons (Fsp3) is 0.500. The Bertz CT molecular complexity index is 422. The van der Waals surface area contributed by atoms with Gasteiger partial charge in [0.25, 0.3) is 0 Å². The van der Waals surface area contributed by atoms with Gasteiger partial charge in [-0.3, -0.25) is 0 Å². The first-order valence-corrected chi connectivity index (χ1v) is 6.22. The molecule has 1 aromatic rings. The van der Waals surface area contributed by atoms with Gasteiger partial charge >= 0.3 is 5.97 Å². The number of carbonyl (C=O) groups is 1. The van der Waals surface area contributed by atoms with Crippen LogP contribution >= 0.6 is 11.6 Å². The van der Waals surface area contributed by atoms with Crippen molar-refractivity contribution in [1.82, 2.24) is 0 Å². The summed E-state index contributed by atoms with van der Waals surface area (Å²) < 4.78 is 10.3. The van der Waals surface area contributed by atoms with Crippen molar-refractivity contribution >= 4 is 17.6 Å². The molecule has 100 valence electrons. The Hall–Kier alpha value is -1.06. The van der Waals surface area contributed by atoms with Gasteiger partial charge in [0.2, 0.25) is 0 Å². The van der Waals surface area contributed by atoms with Gasteiger partial charge < -0.3 is 9.47 Å². The van der Waals surface area contributed by atoms with E-state index in [0.29, 0.717) is 17.2 Å². The summed E-state index contributed by atoms with van der Waals surface area (Å²) in [6.07, 6.45) is 0.740. The number of hydrogen-bond acceptors (Lipinski definition) is 3. The average molecular weight is 271 g/mol.